The molecule has 1 atom stereocenters. The van der Waals surface area contributed by atoms with Crippen LogP contribution in [0.4, 0.5) is 4.39 Å². The number of β-amino-alcohol motifs (C(OH)–C–C–N with tert-alkyl or cyclic N) is 1. The average molecular weight is 361 g/mol. The Labute approximate surface area is 152 Å². The lowest BCUT2D eigenvalue weighted by atomic mass is 9.93. The smallest absolute Gasteiger partial charge is 0.272 e. The quantitative estimate of drug-likeness (QED) is 0.889. The van der Waals surface area contributed by atoms with Crippen molar-refractivity contribution in [2.24, 2.45) is 0 Å². The Morgan fingerprint density at radius 1 is 1.35 bits per heavy atom. The largest absolute Gasteiger partial charge is 0.491 e. The summed E-state index contributed by atoms with van der Waals surface area (Å²) in [6.07, 6.45) is 2.84. The first-order chi connectivity index (χ1) is 12.4. The van der Waals surface area contributed by atoms with E-state index in [4.69, 9.17) is 4.74 Å². The normalized spacial score (nSPS) is 20.4. The van der Waals surface area contributed by atoms with E-state index in [2.05, 4.69) is 5.10 Å². The van der Waals surface area contributed by atoms with Gasteiger partial charge in [-0.15, -0.1) is 0 Å². The van der Waals surface area contributed by atoms with Gasteiger partial charge in [0.25, 0.3) is 5.91 Å². The van der Waals surface area contributed by atoms with Gasteiger partial charge < -0.3 is 14.7 Å². The highest BCUT2D eigenvalue weighted by Crippen LogP contribution is 2.25. The Kier molecular flexibility index (Phi) is 5.27. The number of carbonyl (C=O) groups is 1. The predicted octanol–water partition coefficient (Wildman–Crippen LogP) is 2.65. The highest BCUT2D eigenvalue weighted by atomic mass is 19.1. The lowest BCUT2D eigenvalue weighted by Crippen LogP contribution is -2.53. The van der Waals surface area contributed by atoms with Gasteiger partial charge in [-0.1, -0.05) is 0 Å². The molecule has 0 radical (unpaired) electrons. The van der Waals surface area contributed by atoms with E-state index in [0.29, 0.717) is 30.8 Å². The van der Waals surface area contributed by atoms with E-state index in [0.717, 1.165) is 0 Å². The van der Waals surface area contributed by atoms with Crippen LogP contribution in [-0.4, -0.2) is 51.0 Å². The summed E-state index contributed by atoms with van der Waals surface area (Å²) in [5.74, 6) is 0.00419. The zero-order chi connectivity index (χ0) is 18.7. The van der Waals surface area contributed by atoms with E-state index in [1.165, 1.54) is 24.3 Å². The Morgan fingerprint density at radius 3 is 2.77 bits per heavy atom. The maximum absolute atomic E-state index is 13.0. The molecule has 3 rings (SSSR count). The van der Waals surface area contributed by atoms with Crippen molar-refractivity contribution in [1.82, 2.24) is 14.7 Å². The number of aromatic nitrogens is 2. The van der Waals surface area contributed by atoms with Crippen molar-refractivity contribution < 1.29 is 19.0 Å². The molecule has 0 spiro atoms. The number of nitrogens with zero attached hydrogens (tertiary/aromatic N) is 3. The summed E-state index contributed by atoms with van der Waals surface area (Å²) in [6, 6.07) is 7.43. The number of halogens is 1. The monoisotopic (exact) mass is 361 g/mol. The molecule has 1 aromatic heterocycles. The number of amides is 1. The summed E-state index contributed by atoms with van der Waals surface area (Å²) < 4.78 is 20.3. The zero-order valence-corrected chi connectivity index (χ0v) is 15.1. The fraction of sp³-hybridized carbons (Fsp3) is 0.474. The highest BCUT2D eigenvalue weighted by molar-refractivity contribution is 5.92. The fourth-order valence-corrected chi connectivity index (χ4v) is 3.21. The second-order valence-corrected chi connectivity index (χ2v) is 7.05. The summed E-state index contributed by atoms with van der Waals surface area (Å²) in [6.45, 7) is 4.75. The van der Waals surface area contributed by atoms with Crippen LogP contribution in [-0.2, 0) is 0 Å². The Hall–Kier alpha value is -2.41. The zero-order valence-electron chi connectivity index (χ0n) is 15.1. The molecule has 1 aliphatic heterocycles. The lowest BCUT2D eigenvalue weighted by Gasteiger charge is -2.39. The topological polar surface area (TPSA) is 67.6 Å². The van der Waals surface area contributed by atoms with Crippen molar-refractivity contribution in [1.29, 1.82) is 0 Å². The molecule has 1 aromatic carbocycles. The van der Waals surface area contributed by atoms with Gasteiger partial charge in [-0.3, -0.25) is 9.48 Å². The third-order valence-corrected chi connectivity index (χ3v) is 4.54. The van der Waals surface area contributed by atoms with Crippen molar-refractivity contribution >= 4 is 5.91 Å². The van der Waals surface area contributed by atoms with E-state index in [1.807, 2.05) is 13.8 Å². The van der Waals surface area contributed by atoms with Crippen LogP contribution >= 0.6 is 0 Å². The first-order valence-corrected chi connectivity index (χ1v) is 8.81. The van der Waals surface area contributed by atoms with Crippen LogP contribution in [0.1, 0.15) is 43.2 Å². The number of aliphatic hydroxyl groups is 1. The third kappa shape index (κ3) is 4.04. The molecule has 1 amide bonds. The van der Waals surface area contributed by atoms with E-state index < -0.39 is 5.60 Å². The number of piperidine rings is 1. The Morgan fingerprint density at radius 2 is 2.08 bits per heavy atom. The summed E-state index contributed by atoms with van der Waals surface area (Å²) >= 11 is 0. The SMILES string of the molecule is CC(C)n1nccc1C(=O)N1CCCC(O)(COc2ccc(F)cc2)C1. The second-order valence-electron chi connectivity index (χ2n) is 7.05. The van der Waals surface area contributed by atoms with Gasteiger partial charge in [0, 0.05) is 18.8 Å². The minimum atomic E-state index is -1.13. The summed E-state index contributed by atoms with van der Waals surface area (Å²) in [4.78, 5) is 14.5. The molecule has 26 heavy (non-hydrogen) atoms. The van der Waals surface area contributed by atoms with Gasteiger partial charge in [0.2, 0.25) is 0 Å². The van der Waals surface area contributed by atoms with Gasteiger partial charge in [-0.25, -0.2) is 4.39 Å². The van der Waals surface area contributed by atoms with E-state index >= 15 is 0 Å². The van der Waals surface area contributed by atoms with Crippen molar-refractivity contribution in [2.45, 2.75) is 38.3 Å². The van der Waals surface area contributed by atoms with Gasteiger partial charge in [-0.2, -0.15) is 5.10 Å². The molecule has 1 saturated heterocycles. The average Bonchev–Trinajstić information content (AvgIpc) is 3.11. The first-order valence-electron chi connectivity index (χ1n) is 8.81. The Balaban J connectivity index is 1.66. The van der Waals surface area contributed by atoms with Gasteiger partial charge in [0.1, 0.15) is 29.5 Å². The van der Waals surface area contributed by atoms with Crippen LogP contribution in [0.5, 0.6) is 5.75 Å². The predicted molar refractivity (Wildman–Crippen MR) is 94.6 cm³/mol. The molecule has 7 heteroatoms. The van der Waals surface area contributed by atoms with Crippen LogP contribution < -0.4 is 4.74 Å². The maximum Gasteiger partial charge on any atom is 0.272 e. The van der Waals surface area contributed by atoms with Gasteiger partial charge in [0.15, 0.2) is 0 Å². The highest BCUT2D eigenvalue weighted by Gasteiger charge is 2.37. The molecule has 2 aromatic rings. The molecule has 0 saturated carbocycles. The first kappa shape index (κ1) is 18.4. The molecular weight excluding hydrogens is 337 g/mol. The van der Waals surface area contributed by atoms with Crippen molar-refractivity contribution in [3.8, 4) is 5.75 Å². The van der Waals surface area contributed by atoms with Crippen LogP contribution in [0.3, 0.4) is 0 Å². The summed E-state index contributed by atoms with van der Waals surface area (Å²) in [5, 5.41) is 15.1. The number of benzene rings is 1. The number of carbonyl (C=O) groups excluding carboxylic acids is 1. The van der Waals surface area contributed by atoms with Gasteiger partial charge in [-0.05, 0) is 57.0 Å². The molecule has 1 N–H and O–H groups in total. The lowest BCUT2D eigenvalue weighted by molar-refractivity contribution is -0.0534. The molecular formula is C19H24FN3O3. The maximum atomic E-state index is 13.0. The molecule has 2 heterocycles. The number of rotatable bonds is 5. The van der Waals surface area contributed by atoms with Crippen molar-refractivity contribution in [3.63, 3.8) is 0 Å². The number of hydrogen-bond donors (Lipinski definition) is 1. The minimum Gasteiger partial charge on any atom is -0.491 e. The minimum absolute atomic E-state index is 0.0475. The molecule has 0 bridgehead atoms. The molecule has 140 valence electrons. The number of hydrogen-bond acceptors (Lipinski definition) is 4. The molecule has 0 aliphatic carbocycles. The van der Waals surface area contributed by atoms with Gasteiger partial charge >= 0.3 is 0 Å². The molecule has 1 aliphatic rings. The third-order valence-electron chi connectivity index (χ3n) is 4.54. The van der Waals surface area contributed by atoms with Gasteiger partial charge in [0.05, 0.1) is 6.54 Å². The fourth-order valence-electron chi connectivity index (χ4n) is 3.21. The van der Waals surface area contributed by atoms with Crippen LogP contribution in [0.15, 0.2) is 36.5 Å². The van der Waals surface area contributed by atoms with Crippen LogP contribution in [0.2, 0.25) is 0 Å². The number of ether oxygens (including phenoxy) is 1. The molecule has 1 unspecified atom stereocenters. The molecule has 1 fully saturated rings. The standard InChI is InChI=1S/C19H24FN3O3/c1-14(2)23-17(8-10-21-23)18(24)22-11-3-9-19(25,12-22)13-26-16-6-4-15(20)5-7-16/h4-8,10,14,25H,3,9,11-13H2,1-2H3. The van der Waals surface area contributed by atoms with Crippen LogP contribution in [0, 0.1) is 5.82 Å². The van der Waals surface area contributed by atoms with Crippen molar-refractivity contribution in [2.75, 3.05) is 19.7 Å². The van der Waals surface area contributed by atoms with E-state index in [-0.39, 0.29) is 30.9 Å². The van der Waals surface area contributed by atoms with E-state index in [1.54, 1.807) is 21.8 Å². The van der Waals surface area contributed by atoms with Crippen LogP contribution in [0.25, 0.3) is 0 Å². The van der Waals surface area contributed by atoms with E-state index in [9.17, 15) is 14.3 Å². The Bertz CT molecular complexity index is 760. The van der Waals surface area contributed by atoms with Crippen molar-refractivity contribution in [3.05, 3.63) is 48.0 Å². The second kappa shape index (κ2) is 7.45. The number of likely N-dealkylation sites (tertiary alicyclic amines) is 1. The molecule has 6 nitrogen and oxygen atoms in total. The summed E-state index contributed by atoms with van der Waals surface area (Å²) in [5.41, 5.74) is -0.617. The summed E-state index contributed by atoms with van der Waals surface area (Å²) in [7, 11) is 0.